The first-order chi connectivity index (χ1) is 13.5. The van der Waals surface area contributed by atoms with Crippen molar-refractivity contribution in [2.45, 2.75) is 20.4 Å². The van der Waals surface area contributed by atoms with Crippen LogP contribution in [0.4, 0.5) is 5.69 Å². The first-order valence-corrected chi connectivity index (χ1v) is 9.03. The fraction of sp³-hybridized carbons (Fsp3) is 0.136. The lowest BCUT2D eigenvalue weighted by Gasteiger charge is -2.13. The molecule has 0 radical (unpaired) electrons. The maximum Gasteiger partial charge on any atom is 0.280 e. The Labute approximate surface area is 162 Å². The number of rotatable bonds is 4. The predicted molar refractivity (Wildman–Crippen MR) is 110 cm³/mol. The van der Waals surface area contributed by atoms with Crippen LogP contribution in [0.15, 0.2) is 71.7 Å². The Morgan fingerprint density at radius 3 is 2.57 bits per heavy atom. The van der Waals surface area contributed by atoms with Gasteiger partial charge in [-0.15, -0.1) is 0 Å². The Morgan fingerprint density at radius 2 is 1.82 bits per heavy atom. The lowest BCUT2D eigenvalue weighted by atomic mass is 10.1. The molecule has 0 saturated carbocycles. The molecule has 2 heterocycles. The van der Waals surface area contributed by atoms with Crippen molar-refractivity contribution < 1.29 is 4.79 Å². The van der Waals surface area contributed by atoms with Gasteiger partial charge in [-0.3, -0.25) is 14.3 Å². The maximum atomic E-state index is 13.0. The number of anilines is 1. The van der Waals surface area contributed by atoms with E-state index in [0.29, 0.717) is 16.7 Å². The van der Waals surface area contributed by atoms with Crippen molar-refractivity contribution in [2.24, 2.45) is 0 Å². The first kappa shape index (κ1) is 17.7. The highest BCUT2D eigenvalue weighted by atomic mass is 16.2. The van der Waals surface area contributed by atoms with E-state index in [1.807, 2.05) is 62.4 Å². The van der Waals surface area contributed by atoms with Crippen LogP contribution in [0.1, 0.15) is 11.1 Å². The Balaban J connectivity index is 1.76. The van der Waals surface area contributed by atoms with Gasteiger partial charge in [0.1, 0.15) is 6.54 Å². The second kappa shape index (κ2) is 7.15. The number of aryl methyl sites for hydroxylation is 2. The molecule has 0 fully saturated rings. The van der Waals surface area contributed by atoms with E-state index in [0.717, 1.165) is 16.8 Å². The maximum absolute atomic E-state index is 13.0. The van der Waals surface area contributed by atoms with Crippen molar-refractivity contribution >= 4 is 22.6 Å². The average molecular weight is 372 g/mol. The van der Waals surface area contributed by atoms with E-state index < -0.39 is 0 Å². The summed E-state index contributed by atoms with van der Waals surface area (Å²) in [6.07, 6.45) is 1.62. The van der Waals surface area contributed by atoms with Crippen LogP contribution < -0.4 is 10.9 Å². The second-order valence-electron chi connectivity index (χ2n) is 6.75. The van der Waals surface area contributed by atoms with Crippen molar-refractivity contribution in [1.82, 2.24) is 14.3 Å². The van der Waals surface area contributed by atoms with Crippen molar-refractivity contribution in [3.05, 3.63) is 88.3 Å². The summed E-state index contributed by atoms with van der Waals surface area (Å²) in [4.78, 5) is 30.1. The summed E-state index contributed by atoms with van der Waals surface area (Å²) in [6.45, 7) is 3.93. The summed E-state index contributed by atoms with van der Waals surface area (Å²) >= 11 is 0. The Bertz CT molecular complexity index is 1220. The monoisotopic (exact) mass is 372 g/mol. The molecule has 2 aromatic heterocycles. The molecule has 1 amide bonds. The van der Waals surface area contributed by atoms with Crippen molar-refractivity contribution in [2.75, 3.05) is 5.32 Å². The lowest BCUT2D eigenvalue weighted by molar-refractivity contribution is -0.116. The van der Waals surface area contributed by atoms with E-state index in [9.17, 15) is 9.59 Å². The molecule has 6 nitrogen and oxygen atoms in total. The van der Waals surface area contributed by atoms with Crippen LogP contribution in [0.2, 0.25) is 0 Å². The average Bonchev–Trinajstić information content (AvgIpc) is 2.97. The number of hydrogen-bond acceptors (Lipinski definition) is 3. The van der Waals surface area contributed by atoms with Crippen LogP contribution in [0.3, 0.4) is 0 Å². The van der Waals surface area contributed by atoms with Crippen molar-refractivity contribution in [3.8, 4) is 5.69 Å². The van der Waals surface area contributed by atoms with Gasteiger partial charge in [0.2, 0.25) is 5.91 Å². The van der Waals surface area contributed by atoms with E-state index in [1.54, 1.807) is 23.0 Å². The molecule has 0 spiro atoms. The number of benzene rings is 2. The number of nitrogens with one attached hydrogen (secondary N) is 1. The molecule has 0 bridgehead atoms. The Hall–Kier alpha value is -3.67. The SMILES string of the molecule is Cc1ccc(NC(=O)Cn2c3ncccc3c(=O)n2-c2ccccc2)c(C)c1. The number of aromatic nitrogens is 3. The predicted octanol–water partition coefficient (Wildman–Crippen LogP) is 3.44. The van der Waals surface area contributed by atoms with Gasteiger partial charge in [-0.1, -0.05) is 35.9 Å². The molecular formula is C22H20N4O2. The number of carbonyl (C=O) groups excluding carboxylic acids is 1. The normalized spacial score (nSPS) is 10.9. The third-order valence-corrected chi connectivity index (χ3v) is 4.65. The number of carbonyl (C=O) groups is 1. The quantitative estimate of drug-likeness (QED) is 0.597. The van der Waals surface area contributed by atoms with Gasteiger partial charge in [-0.25, -0.2) is 9.67 Å². The Morgan fingerprint density at radius 1 is 1.04 bits per heavy atom. The van der Waals surface area contributed by atoms with Gasteiger partial charge in [0.05, 0.1) is 11.1 Å². The van der Waals surface area contributed by atoms with Gasteiger partial charge in [0, 0.05) is 11.9 Å². The minimum atomic E-state index is -0.223. The van der Waals surface area contributed by atoms with Gasteiger partial charge in [-0.2, -0.15) is 0 Å². The van der Waals surface area contributed by atoms with Crippen LogP contribution in [0.5, 0.6) is 0 Å². The topological polar surface area (TPSA) is 68.9 Å². The molecule has 0 aliphatic heterocycles. The van der Waals surface area contributed by atoms with Crippen molar-refractivity contribution in [1.29, 1.82) is 0 Å². The molecule has 0 atom stereocenters. The van der Waals surface area contributed by atoms with Crippen molar-refractivity contribution in [3.63, 3.8) is 0 Å². The second-order valence-corrected chi connectivity index (χ2v) is 6.75. The zero-order valence-electron chi connectivity index (χ0n) is 15.7. The molecule has 0 unspecified atom stereocenters. The van der Waals surface area contributed by atoms with E-state index in [-0.39, 0.29) is 18.0 Å². The van der Waals surface area contributed by atoms with Crippen LogP contribution in [-0.2, 0) is 11.3 Å². The molecule has 0 aliphatic rings. The molecular weight excluding hydrogens is 352 g/mol. The number of pyridine rings is 1. The number of nitrogens with zero attached hydrogens (tertiary/aromatic N) is 3. The number of amides is 1. The number of fused-ring (bicyclic) bond motifs is 1. The minimum Gasteiger partial charge on any atom is -0.324 e. The van der Waals surface area contributed by atoms with Crippen LogP contribution in [0.25, 0.3) is 16.7 Å². The highest BCUT2D eigenvalue weighted by Crippen LogP contribution is 2.17. The first-order valence-electron chi connectivity index (χ1n) is 9.03. The highest BCUT2D eigenvalue weighted by molar-refractivity contribution is 5.92. The standard InChI is InChI=1S/C22H20N4O2/c1-15-10-11-19(16(2)13-15)24-20(27)14-25-21-18(9-6-12-23-21)22(28)26(25)17-7-4-3-5-8-17/h3-13H,14H2,1-2H3,(H,24,27). The van der Waals surface area contributed by atoms with Gasteiger partial charge in [-0.05, 0) is 49.7 Å². The van der Waals surface area contributed by atoms with E-state index in [2.05, 4.69) is 10.3 Å². The molecule has 6 heteroatoms. The summed E-state index contributed by atoms with van der Waals surface area (Å²) < 4.78 is 3.12. The number of para-hydroxylation sites is 1. The summed E-state index contributed by atoms with van der Waals surface area (Å²) in [6, 6.07) is 18.6. The van der Waals surface area contributed by atoms with Gasteiger partial charge < -0.3 is 5.32 Å². The van der Waals surface area contributed by atoms with E-state index in [4.69, 9.17) is 0 Å². The minimum absolute atomic E-state index is 0.0298. The Kier molecular flexibility index (Phi) is 4.53. The summed E-state index contributed by atoms with van der Waals surface area (Å²) in [7, 11) is 0. The molecule has 0 saturated heterocycles. The molecule has 28 heavy (non-hydrogen) atoms. The summed E-state index contributed by atoms with van der Waals surface area (Å²) in [5.74, 6) is -0.223. The zero-order valence-corrected chi connectivity index (χ0v) is 15.7. The third kappa shape index (κ3) is 3.20. The molecule has 0 aliphatic carbocycles. The third-order valence-electron chi connectivity index (χ3n) is 4.65. The lowest BCUT2D eigenvalue weighted by Crippen LogP contribution is -2.27. The van der Waals surface area contributed by atoms with E-state index >= 15 is 0 Å². The van der Waals surface area contributed by atoms with Crippen LogP contribution in [-0.4, -0.2) is 20.3 Å². The fourth-order valence-electron chi connectivity index (χ4n) is 3.34. The van der Waals surface area contributed by atoms with Crippen LogP contribution >= 0.6 is 0 Å². The van der Waals surface area contributed by atoms with Gasteiger partial charge >= 0.3 is 0 Å². The molecule has 1 N–H and O–H groups in total. The fourth-order valence-corrected chi connectivity index (χ4v) is 3.34. The zero-order chi connectivity index (χ0) is 19.7. The highest BCUT2D eigenvalue weighted by Gasteiger charge is 2.18. The molecule has 2 aromatic carbocycles. The molecule has 140 valence electrons. The van der Waals surface area contributed by atoms with Gasteiger partial charge in [0.25, 0.3) is 5.56 Å². The summed E-state index contributed by atoms with van der Waals surface area (Å²) in [5.41, 5.74) is 3.84. The molecule has 4 aromatic rings. The van der Waals surface area contributed by atoms with Gasteiger partial charge in [0.15, 0.2) is 5.65 Å². The molecule has 4 rings (SSSR count). The van der Waals surface area contributed by atoms with E-state index in [1.165, 1.54) is 4.68 Å². The number of hydrogen-bond donors (Lipinski definition) is 1. The van der Waals surface area contributed by atoms with Crippen LogP contribution in [0, 0.1) is 13.8 Å². The smallest absolute Gasteiger partial charge is 0.280 e. The summed E-state index contributed by atoms with van der Waals surface area (Å²) in [5, 5.41) is 3.41. The largest absolute Gasteiger partial charge is 0.324 e.